The van der Waals surface area contributed by atoms with Crippen LogP contribution in [0.1, 0.15) is 34.5 Å². The molecule has 0 bridgehead atoms. The van der Waals surface area contributed by atoms with Gasteiger partial charge in [0.25, 0.3) is 5.56 Å². The van der Waals surface area contributed by atoms with E-state index in [1.165, 1.54) is 16.7 Å². The SMILES string of the molecule is O=C1CCCc2c1ccc(=O)n2Cc1cccc(Cl)c1F. The monoisotopic (exact) mass is 305 g/mol. The lowest BCUT2D eigenvalue weighted by Crippen LogP contribution is -2.28. The second-order valence-electron chi connectivity index (χ2n) is 5.11. The molecule has 0 atom stereocenters. The zero-order chi connectivity index (χ0) is 15.0. The van der Waals surface area contributed by atoms with Crippen molar-refractivity contribution in [3.05, 3.63) is 68.3 Å². The van der Waals surface area contributed by atoms with Gasteiger partial charge < -0.3 is 4.57 Å². The van der Waals surface area contributed by atoms with Crippen molar-refractivity contribution in [1.29, 1.82) is 0 Å². The van der Waals surface area contributed by atoms with E-state index in [1.54, 1.807) is 18.2 Å². The van der Waals surface area contributed by atoms with Crippen LogP contribution >= 0.6 is 11.6 Å². The molecule has 1 aromatic heterocycles. The summed E-state index contributed by atoms with van der Waals surface area (Å²) < 4.78 is 15.5. The molecule has 108 valence electrons. The molecule has 2 aromatic rings. The smallest absolute Gasteiger partial charge is 0.251 e. The van der Waals surface area contributed by atoms with Crippen molar-refractivity contribution >= 4 is 17.4 Å². The molecule has 0 saturated heterocycles. The highest BCUT2D eigenvalue weighted by Gasteiger charge is 2.21. The first-order chi connectivity index (χ1) is 10.1. The summed E-state index contributed by atoms with van der Waals surface area (Å²) in [6.07, 6.45) is 1.86. The highest BCUT2D eigenvalue weighted by atomic mass is 35.5. The number of carbonyl (C=O) groups excluding carboxylic acids is 1. The first-order valence-corrected chi connectivity index (χ1v) is 7.14. The van der Waals surface area contributed by atoms with Crippen LogP contribution in [0.4, 0.5) is 4.39 Å². The van der Waals surface area contributed by atoms with Gasteiger partial charge in [-0.2, -0.15) is 0 Å². The molecule has 0 aliphatic heterocycles. The minimum Gasteiger partial charge on any atom is -0.307 e. The van der Waals surface area contributed by atoms with E-state index in [4.69, 9.17) is 11.6 Å². The van der Waals surface area contributed by atoms with E-state index in [2.05, 4.69) is 0 Å². The molecule has 1 aliphatic carbocycles. The Morgan fingerprint density at radius 1 is 1.14 bits per heavy atom. The van der Waals surface area contributed by atoms with Crippen molar-refractivity contribution in [3.63, 3.8) is 0 Å². The summed E-state index contributed by atoms with van der Waals surface area (Å²) in [5.41, 5.74) is 1.38. The second-order valence-corrected chi connectivity index (χ2v) is 5.51. The third kappa shape index (κ3) is 2.51. The van der Waals surface area contributed by atoms with Crippen LogP contribution in [-0.2, 0) is 13.0 Å². The molecule has 0 N–H and O–H groups in total. The van der Waals surface area contributed by atoms with Crippen LogP contribution in [0, 0.1) is 5.82 Å². The van der Waals surface area contributed by atoms with E-state index < -0.39 is 5.82 Å². The number of nitrogens with zero attached hydrogens (tertiary/aromatic N) is 1. The molecule has 1 heterocycles. The summed E-state index contributed by atoms with van der Waals surface area (Å²) in [4.78, 5) is 24.0. The van der Waals surface area contributed by atoms with Gasteiger partial charge in [-0.1, -0.05) is 23.7 Å². The molecule has 0 unspecified atom stereocenters. The van der Waals surface area contributed by atoms with Gasteiger partial charge in [0.2, 0.25) is 0 Å². The Morgan fingerprint density at radius 3 is 2.76 bits per heavy atom. The molecular formula is C16H13ClFNO2. The van der Waals surface area contributed by atoms with Crippen molar-refractivity contribution in [2.75, 3.05) is 0 Å². The zero-order valence-corrected chi connectivity index (χ0v) is 12.0. The van der Waals surface area contributed by atoms with Gasteiger partial charge in [0, 0.05) is 29.3 Å². The molecule has 0 fully saturated rings. The largest absolute Gasteiger partial charge is 0.307 e. The topological polar surface area (TPSA) is 39.1 Å². The minimum atomic E-state index is -0.522. The minimum absolute atomic E-state index is 0.0291. The molecule has 0 amide bonds. The van der Waals surface area contributed by atoms with E-state index in [0.29, 0.717) is 36.1 Å². The van der Waals surface area contributed by atoms with Crippen molar-refractivity contribution in [2.45, 2.75) is 25.8 Å². The summed E-state index contributed by atoms with van der Waals surface area (Å²) in [6, 6.07) is 7.64. The van der Waals surface area contributed by atoms with E-state index in [-0.39, 0.29) is 22.9 Å². The fourth-order valence-electron chi connectivity index (χ4n) is 2.71. The van der Waals surface area contributed by atoms with E-state index in [0.717, 1.165) is 0 Å². The van der Waals surface area contributed by atoms with Gasteiger partial charge in [-0.15, -0.1) is 0 Å². The van der Waals surface area contributed by atoms with Crippen LogP contribution in [0.5, 0.6) is 0 Å². The van der Waals surface area contributed by atoms with Gasteiger partial charge >= 0.3 is 0 Å². The van der Waals surface area contributed by atoms with E-state index >= 15 is 0 Å². The van der Waals surface area contributed by atoms with Crippen LogP contribution in [0.25, 0.3) is 0 Å². The highest BCUT2D eigenvalue weighted by Crippen LogP contribution is 2.22. The maximum atomic E-state index is 14.0. The number of carbonyl (C=O) groups is 1. The Morgan fingerprint density at radius 2 is 1.95 bits per heavy atom. The Hall–Kier alpha value is -1.94. The summed E-state index contributed by atoms with van der Waals surface area (Å²) in [5, 5.41) is 0.0291. The predicted molar refractivity (Wildman–Crippen MR) is 78.5 cm³/mol. The average molecular weight is 306 g/mol. The number of halogens is 2. The summed E-state index contributed by atoms with van der Waals surface area (Å²) in [6.45, 7) is 0.0850. The molecule has 21 heavy (non-hydrogen) atoms. The van der Waals surface area contributed by atoms with Gasteiger partial charge in [0.05, 0.1) is 11.6 Å². The summed E-state index contributed by atoms with van der Waals surface area (Å²) in [7, 11) is 0. The maximum absolute atomic E-state index is 14.0. The Balaban J connectivity index is 2.11. The molecule has 3 rings (SSSR count). The molecule has 1 aliphatic rings. The quantitative estimate of drug-likeness (QED) is 0.854. The number of ketones is 1. The molecule has 0 radical (unpaired) electrons. The molecule has 0 saturated carbocycles. The lowest BCUT2D eigenvalue weighted by Gasteiger charge is -2.20. The Labute approximate surface area is 126 Å². The fourth-order valence-corrected chi connectivity index (χ4v) is 2.90. The van der Waals surface area contributed by atoms with Crippen molar-refractivity contribution < 1.29 is 9.18 Å². The summed E-state index contributed by atoms with van der Waals surface area (Å²) >= 11 is 5.77. The summed E-state index contributed by atoms with van der Waals surface area (Å²) in [5.74, 6) is -0.484. The lowest BCUT2D eigenvalue weighted by atomic mass is 9.94. The van der Waals surface area contributed by atoms with Crippen LogP contribution in [-0.4, -0.2) is 10.4 Å². The molecule has 0 spiro atoms. The first kappa shape index (κ1) is 14.0. The van der Waals surface area contributed by atoms with E-state index in [1.807, 2.05) is 0 Å². The first-order valence-electron chi connectivity index (χ1n) is 6.77. The molecule has 1 aromatic carbocycles. The zero-order valence-electron chi connectivity index (χ0n) is 11.2. The van der Waals surface area contributed by atoms with E-state index in [9.17, 15) is 14.0 Å². The number of benzene rings is 1. The average Bonchev–Trinajstić information content (AvgIpc) is 2.47. The van der Waals surface area contributed by atoms with Crippen molar-refractivity contribution in [1.82, 2.24) is 4.57 Å². The third-order valence-corrected chi connectivity index (χ3v) is 4.07. The normalized spacial score (nSPS) is 14.1. The van der Waals surface area contributed by atoms with Crippen molar-refractivity contribution in [3.8, 4) is 0 Å². The van der Waals surface area contributed by atoms with Crippen LogP contribution < -0.4 is 5.56 Å². The fraction of sp³-hybridized carbons (Fsp3) is 0.250. The van der Waals surface area contributed by atoms with Crippen LogP contribution in [0.15, 0.2) is 35.1 Å². The standard InChI is InChI=1S/C16H13ClFNO2/c17-12-4-1-3-10(16(12)18)9-19-13-5-2-6-14(20)11(13)7-8-15(19)21/h1,3-4,7-8H,2,5-6,9H2. The van der Waals surface area contributed by atoms with Gasteiger partial charge in [-0.3, -0.25) is 9.59 Å². The lowest BCUT2D eigenvalue weighted by molar-refractivity contribution is 0.0970. The molecular weight excluding hydrogens is 293 g/mol. The second kappa shape index (κ2) is 5.45. The number of hydrogen-bond acceptors (Lipinski definition) is 2. The molecule has 5 heteroatoms. The molecule has 3 nitrogen and oxygen atoms in total. The van der Waals surface area contributed by atoms with Crippen LogP contribution in [0.2, 0.25) is 5.02 Å². The third-order valence-electron chi connectivity index (χ3n) is 3.77. The Bertz CT molecular complexity index is 782. The number of pyridine rings is 1. The Kier molecular flexibility index (Phi) is 3.64. The van der Waals surface area contributed by atoms with Gasteiger partial charge in [-0.05, 0) is 25.0 Å². The predicted octanol–water partition coefficient (Wildman–Crippen LogP) is 3.21. The van der Waals surface area contributed by atoms with Gasteiger partial charge in [0.1, 0.15) is 5.82 Å². The number of Topliss-reactive ketones (excluding diaryl/α,β-unsaturated/α-hetero) is 1. The maximum Gasteiger partial charge on any atom is 0.251 e. The number of fused-ring (bicyclic) bond motifs is 1. The van der Waals surface area contributed by atoms with Crippen LogP contribution in [0.3, 0.4) is 0 Å². The van der Waals surface area contributed by atoms with Crippen molar-refractivity contribution in [2.24, 2.45) is 0 Å². The van der Waals surface area contributed by atoms with Gasteiger partial charge in [0.15, 0.2) is 5.78 Å². The number of rotatable bonds is 2. The van der Waals surface area contributed by atoms with Gasteiger partial charge in [-0.25, -0.2) is 4.39 Å². The highest BCUT2D eigenvalue weighted by molar-refractivity contribution is 6.30. The number of aromatic nitrogens is 1. The number of hydrogen-bond donors (Lipinski definition) is 0.